The van der Waals surface area contributed by atoms with Gasteiger partial charge in [-0.2, -0.15) is 0 Å². The van der Waals surface area contributed by atoms with Crippen LogP contribution in [-0.4, -0.2) is 40.1 Å². The zero-order valence-corrected chi connectivity index (χ0v) is 13.3. The van der Waals surface area contributed by atoms with Gasteiger partial charge in [0.2, 0.25) is 0 Å². The van der Waals surface area contributed by atoms with E-state index in [4.69, 9.17) is 14.6 Å². The fraction of sp³-hybridized carbons (Fsp3) is 0.500. The number of carbonyl (C=O) groups excluding carboxylic acids is 1. The molecule has 8 heteroatoms. The Balaban J connectivity index is 1.59. The number of rotatable bonds is 4. The lowest BCUT2D eigenvalue weighted by molar-refractivity contribution is -0.155. The average molecular weight is 336 g/mol. The Morgan fingerprint density at radius 2 is 1.92 bits per heavy atom. The van der Waals surface area contributed by atoms with Crippen LogP contribution in [0, 0.1) is 0 Å². The number of nitrogens with one attached hydrogen (secondary N) is 2. The summed E-state index contributed by atoms with van der Waals surface area (Å²) in [5, 5.41) is 23.3. The minimum atomic E-state index is -2.03. The molecular weight excluding hydrogens is 316 g/mol. The minimum Gasteiger partial charge on any atom is -0.479 e. The molecule has 0 bridgehead atoms. The highest BCUT2D eigenvalue weighted by atomic mass is 16.7. The van der Waals surface area contributed by atoms with Crippen molar-refractivity contribution >= 4 is 17.7 Å². The molecule has 8 nitrogen and oxygen atoms in total. The van der Waals surface area contributed by atoms with Crippen LogP contribution in [0.5, 0.6) is 11.5 Å². The van der Waals surface area contributed by atoms with Crippen molar-refractivity contribution in [2.24, 2.45) is 0 Å². The Hall–Kier alpha value is -2.48. The molecule has 1 atom stereocenters. The summed E-state index contributed by atoms with van der Waals surface area (Å²) in [6.07, 6.45) is 3.81. The molecule has 24 heavy (non-hydrogen) atoms. The van der Waals surface area contributed by atoms with Gasteiger partial charge < -0.3 is 30.3 Å². The quantitative estimate of drug-likeness (QED) is 0.665. The maximum atomic E-state index is 11.8. The maximum absolute atomic E-state index is 11.8. The SMILES string of the molecule is CC(O)(CNC(=O)Nc1ccc2c(c1)OC1(CCCC1)O2)C(=O)O. The fourth-order valence-electron chi connectivity index (χ4n) is 2.79. The lowest BCUT2D eigenvalue weighted by Crippen LogP contribution is -2.47. The molecule has 1 aromatic rings. The molecule has 1 aliphatic heterocycles. The van der Waals surface area contributed by atoms with Crippen LogP contribution in [0.15, 0.2) is 18.2 Å². The summed E-state index contributed by atoms with van der Waals surface area (Å²) in [6, 6.07) is 4.44. The number of hydrogen-bond acceptors (Lipinski definition) is 5. The van der Waals surface area contributed by atoms with Gasteiger partial charge in [0.1, 0.15) is 0 Å². The molecule has 0 saturated heterocycles. The Labute approximate surface area is 138 Å². The molecule has 0 aromatic heterocycles. The Bertz CT molecular complexity index is 667. The van der Waals surface area contributed by atoms with Crippen LogP contribution in [0.25, 0.3) is 0 Å². The van der Waals surface area contributed by atoms with Crippen LogP contribution in [0.3, 0.4) is 0 Å². The number of carboxylic acid groups (broad SMARTS) is 1. The van der Waals surface area contributed by atoms with Crippen LogP contribution in [0.4, 0.5) is 10.5 Å². The highest BCUT2D eigenvalue weighted by Gasteiger charge is 2.44. The number of hydrogen-bond donors (Lipinski definition) is 4. The van der Waals surface area contributed by atoms with Crippen LogP contribution in [0.2, 0.25) is 0 Å². The third-order valence-electron chi connectivity index (χ3n) is 4.21. The van der Waals surface area contributed by atoms with Gasteiger partial charge in [-0.15, -0.1) is 0 Å². The number of carbonyl (C=O) groups is 2. The van der Waals surface area contributed by atoms with E-state index in [-0.39, 0.29) is 0 Å². The van der Waals surface area contributed by atoms with Crippen molar-refractivity contribution in [2.45, 2.75) is 44.0 Å². The lowest BCUT2D eigenvalue weighted by atomic mass is 10.1. The smallest absolute Gasteiger partial charge is 0.337 e. The first kappa shape index (κ1) is 16.4. The number of anilines is 1. The predicted octanol–water partition coefficient (Wildman–Crippen LogP) is 1.69. The van der Waals surface area contributed by atoms with Crippen LogP contribution in [0.1, 0.15) is 32.6 Å². The van der Waals surface area contributed by atoms with Crippen LogP contribution in [-0.2, 0) is 4.79 Å². The van der Waals surface area contributed by atoms with E-state index in [0.717, 1.165) is 32.6 Å². The van der Waals surface area contributed by atoms with E-state index in [9.17, 15) is 14.7 Å². The Morgan fingerprint density at radius 3 is 2.58 bits per heavy atom. The molecule has 1 aliphatic carbocycles. The van der Waals surface area contributed by atoms with Crippen molar-refractivity contribution in [1.82, 2.24) is 5.32 Å². The first-order valence-corrected chi connectivity index (χ1v) is 7.82. The maximum Gasteiger partial charge on any atom is 0.337 e. The second-order valence-corrected chi connectivity index (χ2v) is 6.37. The zero-order chi connectivity index (χ0) is 17.4. The topological polar surface area (TPSA) is 117 Å². The molecule has 1 aromatic carbocycles. The van der Waals surface area contributed by atoms with Crippen molar-refractivity contribution in [3.63, 3.8) is 0 Å². The molecule has 3 rings (SSSR count). The van der Waals surface area contributed by atoms with Crippen LogP contribution < -0.4 is 20.1 Å². The van der Waals surface area contributed by atoms with Gasteiger partial charge in [0, 0.05) is 24.6 Å². The Morgan fingerprint density at radius 1 is 1.25 bits per heavy atom. The number of aliphatic carboxylic acids is 1. The molecule has 1 unspecified atom stereocenters. The summed E-state index contributed by atoms with van der Waals surface area (Å²) in [5.41, 5.74) is -1.54. The number of benzene rings is 1. The summed E-state index contributed by atoms with van der Waals surface area (Å²) in [5.74, 6) is -0.750. The standard InChI is InChI=1S/C16H20N2O6/c1-15(22,13(19)20)9-17-14(21)18-10-4-5-11-12(8-10)24-16(23-11)6-2-3-7-16/h4-5,8,22H,2-3,6-7,9H2,1H3,(H,19,20)(H2,17,18,21). The summed E-state index contributed by atoms with van der Waals surface area (Å²) in [7, 11) is 0. The van der Waals surface area contributed by atoms with E-state index in [1.54, 1.807) is 18.2 Å². The number of amides is 2. The van der Waals surface area contributed by atoms with Crippen molar-refractivity contribution in [2.75, 3.05) is 11.9 Å². The van der Waals surface area contributed by atoms with Gasteiger partial charge >= 0.3 is 12.0 Å². The van der Waals surface area contributed by atoms with Crippen LogP contribution >= 0.6 is 0 Å². The summed E-state index contributed by atoms with van der Waals surface area (Å²) < 4.78 is 11.8. The number of fused-ring (bicyclic) bond motifs is 1. The number of urea groups is 1. The highest BCUT2D eigenvalue weighted by molar-refractivity contribution is 5.90. The average Bonchev–Trinajstić information content (AvgIpc) is 3.11. The molecule has 4 N–H and O–H groups in total. The molecule has 1 heterocycles. The van der Waals surface area contributed by atoms with Gasteiger partial charge in [-0.1, -0.05) is 0 Å². The van der Waals surface area contributed by atoms with Gasteiger partial charge in [0.05, 0.1) is 6.54 Å². The van der Waals surface area contributed by atoms with Gasteiger partial charge in [0.15, 0.2) is 17.1 Å². The van der Waals surface area contributed by atoms with Crippen molar-refractivity contribution < 1.29 is 29.3 Å². The summed E-state index contributed by atoms with van der Waals surface area (Å²) in [6.45, 7) is 0.694. The van der Waals surface area contributed by atoms with Gasteiger partial charge in [-0.25, -0.2) is 9.59 Å². The number of carboxylic acids is 1. The van der Waals surface area contributed by atoms with E-state index >= 15 is 0 Å². The number of aliphatic hydroxyl groups is 1. The summed E-state index contributed by atoms with van der Waals surface area (Å²) in [4.78, 5) is 22.6. The molecular formula is C16H20N2O6. The molecule has 1 fully saturated rings. The highest BCUT2D eigenvalue weighted by Crippen LogP contribution is 2.47. The van der Waals surface area contributed by atoms with Crippen molar-refractivity contribution in [3.05, 3.63) is 18.2 Å². The molecule has 130 valence electrons. The molecule has 0 radical (unpaired) electrons. The van der Waals surface area contributed by atoms with E-state index < -0.39 is 29.9 Å². The lowest BCUT2D eigenvalue weighted by Gasteiger charge is -2.21. The van der Waals surface area contributed by atoms with Gasteiger partial charge in [-0.3, -0.25) is 0 Å². The van der Waals surface area contributed by atoms with Crippen molar-refractivity contribution in [3.8, 4) is 11.5 Å². The summed E-state index contributed by atoms with van der Waals surface area (Å²) >= 11 is 0. The van der Waals surface area contributed by atoms with E-state index in [1.165, 1.54) is 0 Å². The normalized spacial score (nSPS) is 19.8. The first-order valence-electron chi connectivity index (χ1n) is 7.82. The minimum absolute atomic E-state index is 0.415. The largest absolute Gasteiger partial charge is 0.479 e. The van der Waals surface area contributed by atoms with Crippen molar-refractivity contribution in [1.29, 1.82) is 0 Å². The number of ether oxygens (including phenoxy) is 2. The fourth-order valence-corrected chi connectivity index (χ4v) is 2.79. The predicted molar refractivity (Wildman–Crippen MR) is 84.2 cm³/mol. The first-order chi connectivity index (χ1) is 11.3. The molecule has 2 aliphatic rings. The monoisotopic (exact) mass is 336 g/mol. The zero-order valence-electron chi connectivity index (χ0n) is 13.3. The molecule has 1 spiro atoms. The van der Waals surface area contributed by atoms with E-state index in [2.05, 4.69) is 10.6 Å². The molecule has 1 saturated carbocycles. The van der Waals surface area contributed by atoms with E-state index in [0.29, 0.717) is 17.2 Å². The third-order valence-corrected chi connectivity index (χ3v) is 4.21. The Kier molecular flexibility index (Phi) is 4.00. The third kappa shape index (κ3) is 3.23. The van der Waals surface area contributed by atoms with Gasteiger partial charge in [-0.05, 0) is 31.9 Å². The van der Waals surface area contributed by atoms with Gasteiger partial charge in [0.25, 0.3) is 5.79 Å². The second-order valence-electron chi connectivity index (χ2n) is 6.37. The van der Waals surface area contributed by atoms with E-state index in [1.807, 2.05) is 0 Å². The second kappa shape index (κ2) is 5.86. The molecule has 2 amide bonds.